The number of carbonyl (C=O) groups is 1. The zero-order chi connectivity index (χ0) is 11.4. The van der Waals surface area contributed by atoms with E-state index in [0.29, 0.717) is 18.0 Å². The molecule has 0 fully saturated rings. The third kappa shape index (κ3) is 2.83. The lowest BCUT2D eigenvalue weighted by molar-refractivity contribution is 0.149. The number of rotatable bonds is 3. The molecule has 0 aliphatic heterocycles. The first-order chi connectivity index (χ1) is 7.04. The summed E-state index contributed by atoms with van der Waals surface area (Å²) in [6, 6.07) is 3.58. The van der Waals surface area contributed by atoms with Crippen molar-refractivity contribution >= 4 is 11.8 Å². The highest BCUT2D eigenvalue weighted by molar-refractivity contribution is 5.96. The number of carboxylic acid groups (broad SMARTS) is 1. The van der Waals surface area contributed by atoms with Crippen LogP contribution in [0.3, 0.4) is 0 Å². The Morgan fingerprint density at radius 2 is 2.27 bits per heavy atom. The second-order valence-corrected chi connectivity index (χ2v) is 3.09. The Labute approximate surface area is 88.0 Å². The van der Waals surface area contributed by atoms with Crippen molar-refractivity contribution in [2.24, 2.45) is 5.10 Å². The van der Waals surface area contributed by atoms with Gasteiger partial charge in [0.25, 0.3) is 0 Å². The van der Waals surface area contributed by atoms with Crippen LogP contribution in [0.5, 0.6) is 0 Å². The highest BCUT2D eigenvalue weighted by Gasteiger charge is 2.10. The number of furan rings is 1. The van der Waals surface area contributed by atoms with Crippen LogP contribution in [0.1, 0.15) is 25.4 Å². The third-order valence-corrected chi connectivity index (χ3v) is 1.89. The van der Waals surface area contributed by atoms with Crippen molar-refractivity contribution in [3.8, 4) is 0 Å². The molecule has 1 amide bonds. The Hall–Kier alpha value is -1.78. The van der Waals surface area contributed by atoms with E-state index < -0.39 is 6.09 Å². The van der Waals surface area contributed by atoms with Crippen LogP contribution >= 0.6 is 0 Å². The lowest BCUT2D eigenvalue weighted by atomic mass is 10.3. The maximum Gasteiger partial charge on any atom is 0.427 e. The van der Waals surface area contributed by atoms with E-state index in [0.717, 1.165) is 10.8 Å². The lowest BCUT2D eigenvalue weighted by Crippen LogP contribution is -2.24. The van der Waals surface area contributed by atoms with Crippen molar-refractivity contribution in [3.63, 3.8) is 0 Å². The third-order valence-electron chi connectivity index (χ3n) is 1.89. The van der Waals surface area contributed by atoms with Crippen LogP contribution in [0.25, 0.3) is 0 Å². The van der Waals surface area contributed by atoms with Crippen LogP contribution in [0.15, 0.2) is 21.7 Å². The smallest absolute Gasteiger partial charge is 0.427 e. The fourth-order valence-corrected chi connectivity index (χ4v) is 1.11. The molecule has 1 heterocycles. The van der Waals surface area contributed by atoms with Crippen molar-refractivity contribution in [2.75, 3.05) is 6.54 Å². The summed E-state index contributed by atoms with van der Waals surface area (Å²) >= 11 is 0. The number of aryl methyl sites for hydroxylation is 1. The minimum atomic E-state index is -1.07. The Morgan fingerprint density at radius 3 is 2.67 bits per heavy atom. The van der Waals surface area contributed by atoms with Crippen molar-refractivity contribution in [1.29, 1.82) is 0 Å². The van der Waals surface area contributed by atoms with Gasteiger partial charge in [0, 0.05) is 6.54 Å². The molecule has 0 bridgehead atoms. The van der Waals surface area contributed by atoms with Crippen molar-refractivity contribution in [2.45, 2.75) is 20.8 Å². The monoisotopic (exact) mass is 210 g/mol. The average Bonchev–Trinajstić information content (AvgIpc) is 2.60. The summed E-state index contributed by atoms with van der Waals surface area (Å²) in [7, 11) is 0. The van der Waals surface area contributed by atoms with Gasteiger partial charge in [-0.2, -0.15) is 10.1 Å². The molecule has 82 valence electrons. The van der Waals surface area contributed by atoms with Gasteiger partial charge in [-0.3, -0.25) is 0 Å². The molecular weight excluding hydrogens is 196 g/mol. The largest absolute Gasteiger partial charge is 0.464 e. The van der Waals surface area contributed by atoms with Gasteiger partial charge in [0.1, 0.15) is 17.2 Å². The lowest BCUT2D eigenvalue weighted by Gasteiger charge is -2.10. The molecule has 5 nitrogen and oxygen atoms in total. The minimum Gasteiger partial charge on any atom is -0.464 e. The van der Waals surface area contributed by atoms with Crippen LogP contribution in [0.2, 0.25) is 0 Å². The van der Waals surface area contributed by atoms with Gasteiger partial charge in [-0.1, -0.05) is 0 Å². The number of nitrogens with zero attached hydrogens (tertiary/aromatic N) is 2. The molecule has 0 spiro atoms. The predicted molar refractivity (Wildman–Crippen MR) is 56.1 cm³/mol. The summed E-state index contributed by atoms with van der Waals surface area (Å²) in [5, 5.41) is 13.7. The van der Waals surface area contributed by atoms with Gasteiger partial charge in [-0.15, -0.1) is 0 Å². The standard InChI is InChI=1S/C10H14N2O3/c1-4-12(10(13)14)11-8(3)9-6-5-7(2)15-9/h5-6H,4H2,1-3H3,(H,13,14)/b11-8-. The van der Waals surface area contributed by atoms with Crippen molar-refractivity contribution < 1.29 is 14.3 Å². The summed E-state index contributed by atoms with van der Waals surface area (Å²) in [4.78, 5) is 10.7. The molecule has 0 aliphatic rings. The zero-order valence-electron chi connectivity index (χ0n) is 9.02. The quantitative estimate of drug-likeness (QED) is 0.615. The highest BCUT2D eigenvalue weighted by Crippen LogP contribution is 2.08. The van der Waals surface area contributed by atoms with Gasteiger partial charge in [0.15, 0.2) is 0 Å². The maximum atomic E-state index is 10.7. The van der Waals surface area contributed by atoms with E-state index in [-0.39, 0.29) is 0 Å². The molecule has 1 N–H and O–H groups in total. The molecule has 15 heavy (non-hydrogen) atoms. The summed E-state index contributed by atoms with van der Waals surface area (Å²) in [6.45, 7) is 5.57. The van der Waals surface area contributed by atoms with Gasteiger partial charge in [0.05, 0.1) is 0 Å². The van der Waals surface area contributed by atoms with Crippen LogP contribution in [-0.2, 0) is 0 Å². The van der Waals surface area contributed by atoms with Crippen molar-refractivity contribution in [1.82, 2.24) is 5.01 Å². The fraction of sp³-hybridized carbons (Fsp3) is 0.400. The van der Waals surface area contributed by atoms with E-state index in [1.54, 1.807) is 19.9 Å². The molecule has 1 rings (SSSR count). The first kappa shape index (κ1) is 11.3. The van der Waals surface area contributed by atoms with Crippen LogP contribution in [0.4, 0.5) is 4.79 Å². The second-order valence-electron chi connectivity index (χ2n) is 3.09. The SMILES string of the molecule is CCN(/N=C(/C)c1ccc(C)o1)C(=O)O. The molecule has 1 aromatic heterocycles. The summed E-state index contributed by atoms with van der Waals surface area (Å²) < 4.78 is 5.32. The average molecular weight is 210 g/mol. The van der Waals surface area contributed by atoms with Gasteiger partial charge >= 0.3 is 6.09 Å². The molecule has 0 saturated carbocycles. The number of amides is 1. The number of hydrogen-bond donors (Lipinski definition) is 1. The van der Waals surface area contributed by atoms with E-state index in [4.69, 9.17) is 9.52 Å². The van der Waals surface area contributed by atoms with E-state index in [1.165, 1.54) is 0 Å². The molecule has 0 radical (unpaired) electrons. The van der Waals surface area contributed by atoms with E-state index in [1.807, 2.05) is 13.0 Å². The van der Waals surface area contributed by atoms with E-state index >= 15 is 0 Å². The van der Waals surface area contributed by atoms with Gasteiger partial charge < -0.3 is 9.52 Å². The normalized spacial score (nSPS) is 11.5. The minimum absolute atomic E-state index is 0.312. The Balaban J connectivity index is 2.87. The van der Waals surface area contributed by atoms with Crippen molar-refractivity contribution in [3.05, 3.63) is 23.7 Å². The number of hydrogen-bond acceptors (Lipinski definition) is 3. The van der Waals surface area contributed by atoms with Gasteiger partial charge in [0.2, 0.25) is 0 Å². The predicted octanol–water partition coefficient (Wildman–Crippen LogP) is 2.31. The molecule has 1 aromatic rings. The second kappa shape index (κ2) is 4.63. The molecule has 0 unspecified atom stereocenters. The highest BCUT2D eigenvalue weighted by atomic mass is 16.4. The Morgan fingerprint density at radius 1 is 1.60 bits per heavy atom. The zero-order valence-corrected chi connectivity index (χ0v) is 9.02. The molecule has 0 saturated heterocycles. The summed E-state index contributed by atoms with van der Waals surface area (Å²) in [5.41, 5.74) is 0.548. The Bertz CT molecular complexity index is 382. The fourth-order valence-electron chi connectivity index (χ4n) is 1.11. The molecule has 5 heteroatoms. The maximum absolute atomic E-state index is 10.7. The number of hydrazone groups is 1. The topological polar surface area (TPSA) is 66.0 Å². The van der Waals surface area contributed by atoms with E-state index in [9.17, 15) is 4.79 Å². The summed E-state index contributed by atoms with van der Waals surface area (Å²) in [6.07, 6.45) is -1.07. The van der Waals surface area contributed by atoms with Gasteiger partial charge in [-0.25, -0.2) is 4.79 Å². The molecular formula is C10H14N2O3. The van der Waals surface area contributed by atoms with E-state index in [2.05, 4.69) is 5.10 Å². The molecule has 0 aliphatic carbocycles. The van der Waals surface area contributed by atoms with Gasteiger partial charge in [-0.05, 0) is 32.9 Å². The Kier molecular flexibility index (Phi) is 3.49. The first-order valence-corrected chi connectivity index (χ1v) is 4.67. The molecule has 0 atom stereocenters. The summed E-state index contributed by atoms with van der Waals surface area (Å²) in [5.74, 6) is 1.37. The molecule has 0 aromatic carbocycles. The van der Waals surface area contributed by atoms with Crippen LogP contribution in [0, 0.1) is 6.92 Å². The van der Waals surface area contributed by atoms with Crippen LogP contribution < -0.4 is 0 Å². The first-order valence-electron chi connectivity index (χ1n) is 4.67. The van der Waals surface area contributed by atoms with Crippen LogP contribution in [-0.4, -0.2) is 28.5 Å².